The summed E-state index contributed by atoms with van der Waals surface area (Å²) < 4.78 is 0. The molecule has 13 rings (SSSR count). The van der Waals surface area contributed by atoms with Gasteiger partial charge in [-0.25, -0.2) is 9.97 Å². The predicted octanol–water partition coefficient (Wildman–Crippen LogP) is 16.4. The van der Waals surface area contributed by atoms with Crippen molar-refractivity contribution in [1.82, 2.24) is 9.97 Å². The van der Waals surface area contributed by atoms with E-state index in [1.165, 1.54) is 91.9 Å². The van der Waals surface area contributed by atoms with Gasteiger partial charge in [0, 0.05) is 16.7 Å². The zero-order valence-electron chi connectivity index (χ0n) is 33.7. The summed E-state index contributed by atoms with van der Waals surface area (Å²) in [4.78, 5) is 10.8. The first-order chi connectivity index (χ1) is 30.8. The summed E-state index contributed by atoms with van der Waals surface area (Å²) in [6.45, 7) is 0. The van der Waals surface area contributed by atoms with Gasteiger partial charge in [-0.2, -0.15) is 0 Å². The fourth-order valence-electron chi connectivity index (χ4n) is 10.3. The molecule has 2 heteroatoms. The van der Waals surface area contributed by atoms with Crippen molar-refractivity contribution >= 4 is 86.2 Å². The van der Waals surface area contributed by atoms with Crippen LogP contribution in [0.1, 0.15) is 0 Å². The van der Waals surface area contributed by atoms with Gasteiger partial charge in [0.1, 0.15) is 0 Å². The number of aromatic nitrogens is 2. The summed E-state index contributed by atoms with van der Waals surface area (Å²) in [5.74, 6) is 0.700. The van der Waals surface area contributed by atoms with E-state index in [0.29, 0.717) is 5.82 Å². The topological polar surface area (TPSA) is 25.8 Å². The lowest BCUT2D eigenvalue weighted by Crippen LogP contribution is -1.98. The van der Waals surface area contributed by atoms with Crippen LogP contribution < -0.4 is 0 Å². The van der Waals surface area contributed by atoms with Gasteiger partial charge in [-0.1, -0.05) is 200 Å². The molecular formula is C60H36N2. The summed E-state index contributed by atoms with van der Waals surface area (Å²) in [6, 6.07) is 79.4. The third-order valence-electron chi connectivity index (χ3n) is 13.0. The van der Waals surface area contributed by atoms with E-state index in [9.17, 15) is 0 Å². The van der Waals surface area contributed by atoms with E-state index in [0.717, 1.165) is 33.5 Å². The van der Waals surface area contributed by atoms with Crippen molar-refractivity contribution in [3.05, 3.63) is 218 Å². The van der Waals surface area contributed by atoms with Crippen molar-refractivity contribution in [2.75, 3.05) is 0 Å². The molecule has 0 spiro atoms. The lowest BCUT2D eigenvalue weighted by atomic mass is 9.86. The van der Waals surface area contributed by atoms with Crippen molar-refractivity contribution in [2.24, 2.45) is 0 Å². The maximum Gasteiger partial charge on any atom is 0.160 e. The first kappa shape index (κ1) is 34.6. The van der Waals surface area contributed by atoms with Gasteiger partial charge in [0.15, 0.2) is 5.82 Å². The number of hydrogen-bond donors (Lipinski definition) is 0. The minimum absolute atomic E-state index is 0.700. The summed E-state index contributed by atoms with van der Waals surface area (Å²) in [5, 5.41) is 19.7. The smallest absolute Gasteiger partial charge is 0.160 e. The maximum atomic E-state index is 5.43. The highest BCUT2D eigenvalue weighted by atomic mass is 14.9. The molecule has 62 heavy (non-hydrogen) atoms. The summed E-state index contributed by atoms with van der Waals surface area (Å²) in [6.07, 6.45) is 0. The molecule has 2 nitrogen and oxygen atoms in total. The molecule has 0 bridgehead atoms. The second-order valence-corrected chi connectivity index (χ2v) is 16.4. The summed E-state index contributed by atoms with van der Waals surface area (Å²) in [7, 11) is 0. The highest BCUT2D eigenvalue weighted by molar-refractivity contribution is 6.33. The third kappa shape index (κ3) is 5.23. The Balaban J connectivity index is 1.10. The predicted molar refractivity (Wildman–Crippen MR) is 264 cm³/mol. The van der Waals surface area contributed by atoms with E-state index in [1.807, 2.05) is 6.07 Å². The van der Waals surface area contributed by atoms with Crippen molar-refractivity contribution in [3.8, 4) is 45.0 Å². The molecule has 0 aliphatic rings. The van der Waals surface area contributed by atoms with E-state index in [2.05, 4.69) is 212 Å². The van der Waals surface area contributed by atoms with Crippen LogP contribution in [0.4, 0.5) is 0 Å². The normalized spacial score (nSPS) is 11.9. The van der Waals surface area contributed by atoms with Crippen LogP contribution in [0, 0.1) is 0 Å². The molecule has 0 radical (unpaired) electrons. The SMILES string of the molecule is c1ccc(-c2nc(-c3ccc(-c4c5ccccc5cc5c4ccc4ccccc45)c4ccccc34)cc(-c3cc4c5ccccc5c5ccccc5c4c4ccccc34)n2)cc1. The molecule has 0 unspecified atom stereocenters. The van der Waals surface area contributed by atoms with Crippen molar-refractivity contribution < 1.29 is 0 Å². The van der Waals surface area contributed by atoms with Gasteiger partial charge in [0.2, 0.25) is 0 Å². The maximum absolute atomic E-state index is 5.43. The van der Waals surface area contributed by atoms with Crippen LogP contribution >= 0.6 is 0 Å². The summed E-state index contributed by atoms with van der Waals surface area (Å²) in [5.41, 5.74) is 7.38. The van der Waals surface area contributed by atoms with Crippen LogP contribution in [0.3, 0.4) is 0 Å². The van der Waals surface area contributed by atoms with E-state index >= 15 is 0 Å². The Morgan fingerprint density at radius 1 is 0.242 bits per heavy atom. The number of rotatable bonds is 4. The van der Waals surface area contributed by atoms with Gasteiger partial charge in [0.05, 0.1) is 11.4 Å². The van der Waals surface area contributed by atoms with E-state index < -0.39 is 0 Å². The zero-order valence-corrected chi connectivity index (χ0v) is 33.7. The summed E-state index contributed by atoms with van der Waals surface area (Å²) >= 11 is 0. The second kappa shape index (κ2) is 13.7. The van der Waals surface area contributed by atoms with Crippen molar-refractivity contribution in [1.29, 1.82) is 0 Å². The molecule has 12 aromatic carbocycles. The average Bonchev–Trinajstić information content (AvgIpc) is 3.35. The van der Waals surface area contributed by atoms with E-state index in [-0.39, 0.29) is 0 Å². The first-order valence-corrected chi connectivity index (χ1v) is 21.3. The Morgan fingerprint density at radius 3 is 1.44 bits per heavy atom. The number of fused-ring (bicyclic) bond motifs is 13. The Labute approximate surface area is 358 Å². The van der Waals surface area contributed by atoms with Crippen molar-refractivity contribution in [3.63, 3.8) is 0 Å². The third-order valence-corrected chi connectivity index (χ3v) is 13.0. The molecular weight excluding hydrogens is 749 g/mol. The molecule has 13 aromatic rings. The Bertz CT molecular complexity index is 3980. The molecule has 286 valence electrons. The molecule has 1 aromatic heterocycles. The number of benzene rings is 12. The Morgan fingerprint density at radius 2 is 0.726 bits per heavy atom. The highest BCUT2D eigenvalue weighted by Gasteiger charge is 2.20. The Kier molecular flexibility index (Phi) is 7.64. The van der Waals surface area contributed by atoms with Gasteiger partial charge in [0.25, 0.3) is 0 Å². The number of nitrogens with zero attached hydrogens (tertiary/aromatic N) is 2. The zero-order chi connectivity index (χ0) is 40.7. The van der Waals surface area contributed by atoms with Crippen LogP contribution in [0.25, 0.3) is 131 Å². The van der Waals surface area contributed by atoms with E-state index in [1.54, 1.807) is 0 Å². The molecule has 0 fully saturated rings. The highest BCUT2D eigenvalue weighted by Crippen LogP contribution is 2.46. The number of hydrogen-bond acceptors (Lipinski definition) is 2. The lowest BCUT2D eigenvalue weighted by Gasteiger charge is -2.18. The molecule has 0 N–H and O–H groups in total. The van der Waals surface area contributed by atoms with Gasteiger partial charge < -0.3 is 0 Å². The largest absolute Gasteiger partial charge is 0.228 e. The van der Waals surface area contributed by atoms with Gasteiger partial charge in [-0.3, -0.25) is 0 Å². The monoisotopic (exact) mass is 784 g/mol. The molecule has 0 atom stereocenters. The van der Waals surface area contributed by atoms with Crippen LogP contribution in [0.5, 0.6) is 0 Å². The van der Waals surface area contributed by atoms with Gasteiger partial charge >= 0.3 is 0 Å². The van der Waals surface area contributed by atoms with E-state index in [4.69, 9.17) is 9.97 Å². The molecule has 0 saturated heterocycles. The fourth-order valence-corrected chi connectivity index (χ4v) is 10.3. The fraction of sp³-hybridized carbons (Fsp3) is 0. The minimum atomic E-state index is 0.700. The van der Waals surface area contributed by atoms with Crippen LogP contribution in [0.15, 0.2) is 218 Å². The van der Waals surface area contributed by atoms with Crippen LogP contribution in [0.2, 0.25) is 0 Å². The van der Waals surface area contributed by atoms with Crippen LogP contribution in [-0.2, 0) is 0 Å². The molecule has 0 aliphatic carbocycles. The van der Waals surface area contributed by atoms with Crippen LogP contribution in [-0.4, -0.2) is 9.97 Å². The molecule has 0 amide bonds. The minimum Gasteiger partial charge on any atom is -0.228 e. The second-order valence-electron chi connectivity index (χ2n) is 16.4. The lowest BCUT2D eigenvalue weighted by molar-refractivity contribution is 1.19. The average molecular weight is 785 g/mol. The standard InChI is InChI=1S/C60H36N2/c1-2-17-38(18-3-1)60-61-56(36-57(62-60)54-35-55-46-26-11-8-22-42(46)44-24-12-14-28-49(44)59(55)50-29-15-13-27-47(50)54)48-32-33-51(45-25-10-9-23-43(45)48)58-41-21-7-5-19-39(41)34-53-40-20-6-4-16-37(40)30-31-52(53)58/h1-36H. The molecule has 1 heterocycles. The first-order valence-electron chi connectivity index (χ1n) is 21.3. The van der Waals surface area contributed by atoms with Crippen molar-refractivity contribution in [2.45, 2.75) is 0 Å². The quantitative estimate of drug-likeness (QED) is 0.131. The van der Waals surface area contributed by atoms with Gasteiger partial charge in [-0.15, -0.1) is 0 Å². The Hall–Kier alpha value is -8.20. The molecule has 0 aliphatic heterocycles. The molecule has 0 saturated carbocycles. The van der Waals surface area contributed by atoms with Gasteiger partial charge in [-0.05, 0) is 116 Å².